The zero-order valence-electron chi connectivity index (χ0n) is 13.1. The van der Waals surface area contributed by atoms with E-state index in [1.807, 2.05) is 0 Å². The van der Waals surface area contributed by atoms with Gasteiger partial charge in [0.25, 0.3) is 15.9 Å². The Morgan fingerprint density at radius 2 is 1.73 bits per heavy atom. The minimum Gasteiger partial charge on any atom is -0.288 e. The number of carbonyl (C=O) groups excluding carboxylic acids is 1. The molecule has 2 aromatic carbocycles. The van der Waals surface area contributed by atoms with Crippen LogP contribution in [0.4, 0.5) is 18.9 Å². The molecule has 2 rings (SSSR count). The molecule has 0 unspecified atom stereocenters. The summed E-state index contributed by atoms with van der Waals surface area (Å²) in [5.74, 6) is -0.784. The number of hydroxylamine groups is 1. The van der Waals surface area contributed by atoms with Crippen LogP contribution in [0.2, 0.25) is 5.02 Å². The summed E-state index contributed by atoms with van der Waals surface area (Å²) in [5, 5.41) is 7.99. The number of anilines is 1. The van der Waals surface area contributed by atoms with Crippen LogP contribution in [0.1, 0.15) is 15.9 Å². The summed E-state index contributed by atoms with van der Waals surface area (Å²) in [6.07, 6.45) is -4.65. The maximum Gasteiger partial charge on any atom is 0.416 e. The van der Waals surface area contributed by atoms with Gasteiger partial charge in [0.1, 0.15) is 4.90 Å². The maximum atomic E-state index is 12.7. The van der Waals surface area contributed by atoms with Crippen molar-refractivity contribution in [1.29, 1.82) is 0 Å². The van der Waals surface area contributed by atoms with Crippen LogP contribution >= 0.6 is 11.6 Å². The lowest BCUT2D eigenvalue weighted by Crippen LogP contribution is -2.27. The van der Waals surface area contributed by atoms with Crippen molar-refractivity contribution in [1.82, 2.24) is 5.48 Å². The Balaban J connectivity index is 2.39. The second-order valence-corrected chi connectivity index (χ2v) is 7.45. The third-order valence-corrected chi connectivity index (χ3v) is 5.76. The van der Waals surface area contributed by atoms with Gasteiger partial charge in [-0.15, -0.1) is 0 Å². The molecule has 140 valence electrons. The molecule has 0 saturated carbocycles. The first-order chi connectivity index (χ1) is 12.0. The van der Waals surface area contributed by atoms with Crippen molar-refractivity contribution in [3.8, 4) is 0 Å². The Hall–Kier alpha value is -2.30. The Bertz CT molecular complexity index is 931. The molecule has 11 heteroatoms. The highest BCUT2D eigenvalue weighted by Crippen LogP contribution is 2.34. The summed E-state index contributed by atoms with van der Waals surface area (Å²) in [6, 6.07) is 7.06. The second kappa shape index (κ2) is 7.14. The monoisotopic (exact) mass is 408 g/mol. The van der Waals surface area contributed by atoms with Gasteiger partial charge in [-0.3, -0.25) is 14.3 Å². The minimum atomic E-state index is -4.65. The fourth-order valence-corrected chi connectivity index (χ4v) is 3.77. The van der Waals surface area contributed by atoms with E-state index in [4.69, 9.17) is 16.8 Å². The first-order valence-electron chi connectivity index (χ1n) is 6.88. The van der Waals surface area contributed by atoms with Gasteiger partial charge in [0.15, 0.2) is 0 Å². The molecular formula is C15H12ClF3N2O4S. The molecule has 0 heterocycles. The van der Waals surface area contributed by atoms with Gasteiger partial charge in [0.05, 0.1) is 16.3 Å². The van der Waals surface area contributed by atoms with E-state index in [-0.39, 0.29) is 11.3 Å². The Kier molecular flexibility index (Phi) is 5.49. The van der Waals surface area contributed by atoms with E-state index in [0.717, 1.165) is 10.4 Å². The third kappa shape index (κ3) is 3.92. The van der Waals surface area contributed by atoms with Crippen molar-refractivity contribution < 1.29 is 31.6 Å². The first kappa shape index (κ1) is 20.0. The SMILES string of the molecule is CN(c1ccc(C(=O)NO)cc1)S(=O)(=O)c1ccc(C(F)(F)F)cc1Cl. The fraction of sp³-hybridized carbons (Fsp3) is 0.133. The maximum absolute atomic E-state index is 12.7. The van der Waals surface area contributed by atoms with Crippen LogP contribution in [-0.4, -0.2) is 26.6 Å². The van der Waals surface area contributed by atoms with Crippen LogP contribution in [0.15, 0.2) is 47.4 Å². The standard InChI is InChI=1S/C15H12ClF3N2O4S/c1-21(11-5-2-9(3-6-11)14(22)20-23)26(24,25)13-7-4-10(8-12(13)16)15(17,18)19/h2-8,23H,1H3,(H,20,22). The molecule has 0 aliphatic carbocycles. The Morgan fingerprint density at radius 3 is 2.19 bits per heavy atom. The number of alkyl halides is 3. The van der Waals surface area contributed by atoms with Crippen molar-refractivity contribution in [3.63, 3.8) is 0 Å². The van der Waals surface area contributed by atoms with Crippen molar-refractivity contribution in [2.45, 2.75) is 11.1 Å². The molecule has 0 aliphatic rings. The summed E-state index contributed by atoms with van der Waals surface area (Å²) in [6.45, 7) is 0. The highest BCUT2D eigenvalue weighted by molar-refractivity contribution is 7.93. The number of sulfonamides is 1. The average molecular weight is 409 g/mol. The van der Waals surface area contributed by atoms with E-state index >= 15 is 0 Å². The van der Waals surface area contributed by atoms with Crippen molar-refractivity contribution in [2.75, 3.05) is 11.4 Å². The van der Waals surface area contributed by atoms with E-state index in [9.17, 15) is 26.4 Å². The summed E-state index contributed by atoms with van der Waals surface area (Å²) in [5.41, 5.74) is 0.578. The molecule has 0 fully saturated rings. The number of hydrogen-bond donors (Lipinski definition) is 2. The zero-order chi connectivity index (χ0) is 19.7. The molecule has 0 saturated heterocycles. The lowest BCUT2D eigenvalue weighted by atomic mass is 10.2. The predicted molar refractivity (Wildman–Crippen MR) is 87.7 cm³/mol. The summed E-state index contributed by atoms with van der Waals surface area (Å²) in [4.78, 5) is 10.8. The molecule has 0 aromatic heterocycles. The van der Waals surface area contributed by atoms with E-state index in [1.165, 1.54) is 36.8 Å². The Morgan fingerprint density at radius 1 is 1.15 bits per heavy atom. The van der Waals surface area contributed by atoms with E-state index in [1.54, 1.807) is 0 Å². The van der Waals surface area contributed by atoms with E-state index in [2.05, 4.69) is 0 Å². The average Bonchev–Trinajstić information content (AvgIpc) is 2.59. The molecule has 0 spiro atoms. The van der Waals surface area contributed by atoms with Gasteiger partial charge >= 0.3 is 6.18 Å². The molecule has 1 amide bonds. The smallest absolute Gasteiger partial charge is 0.288 e. The predicted octanol–water partition coefficient (Wildman–Crippen LogP) is 3.30. The number of rotatable bonds is 4. The lowest BCUT2D eigenvalue weighted by molar-refractivity contribution is -0.137. The number of carbonyl (C=O) groups is 1. The number of amides is 1. The van der Waals surface area contributed by atoms with Crippen LogP contribution in [0.5, 0.6) is 0 Å². The summed E-state index contributed by atoms with van der Waals surface area (Å²) >= 11 is 5.75. The molecule has 26 heavy (non-hydrogen) atoms. The molecule has 2 aromatic rings. The van der Waals surface area contributed by atoms with E-state index < -0.39 is 37.6 Å². The number of nitrogens with one attached hydrogen (secondary N) is 1. The van der Waals surface area contributed by atoms with Gasteiger partial charge in [-0.1, -0.05) is 11.6 Å². The first-order valence-corrected chi connectivity index (χ1v) is 8.70. The van der Waals surface area contributed by atoms with E-state index in [0.29, 0.717) is 12.1 Å². The normalized spacial score (nSPS) is 11.9. The number of hydrogen-bond acceptors (Lipinski definition) is 4. The van der Waals surface area contributed by atoms with Crippen LogP contribution in [0.3, 0.4) is 0 Å². The second-order valence-electron chi connectivity index (χ2n) is 5.10. The summed E-state index contributed by atoms with van der Waals surface area (Å²) < 4.78 is 64.1. The third-order valence-electron chi connectivity index (χ3n) is 3.49. The van der Waals surface area contributed by atoms with Crippen LogP contribution in [0.25, 0.3) is 0 Å². The van der Waals surface area contributed by atoms with Gasteiger partial charge in [0.2, 0.25) is 0 Å². The molecule has 0 radical (unpaired) electrons. The van der Waals surface area contributed by atoms with Crippen molar-refractivity contribution in [2.24, 2.45) is 0 Å². The van der Waals surface area contributed by atoms with Crippen LogP contribution in [-0.2, 0) is 16.2 Å². The minimum absolute atomic E-state index is 0.0783. The fourth-order valence-electron chi connectivity index (χ4n) is 2.06. The van der Waals surface area contributed by atoms with Gasteiger partial charge in [-0.25, -0.2) is 13.9 Å². The number of halogens is 4. The topological polar surface area (TPSA) is 86.7 Å². The van der Waals surface area contributed by atoms with Gasteiger partial charge in [-0.05, 0) is 42.5 Å². The highest BCUT2D eigenvalue weighted by Gasteiger charge is 2.33. The zero-order valence-corrected chi connectivity index (χ0v) is 14.7. The largest absolute Gasteiger partial charge is 0.416 e. The van der Waals surface area contributed by atoms with Gasteiger partial charge < -0.3 is 0 Å². The molecule has 6 nitrogen and oxygen atoms in total. The number of nitrogens with zero attached hydrogens (tertiary/aromatic N) is 1. The van der Waals surface area contributed by atoms with Crippen molar-refractivity contribution >= 4 is 33.2 Å². The number of benzene rings is 2. The molecule has 0 atom stereocenters. The molecular weight excluding hydrogens is 397 g/mol. The molecule has 0 bridgehead atoms. The van der Waals surface area contributed by atoms with Crippen LogP contribution < -0.4 is 9.79 Å². The summed E-state index contributed by atoms with van der Waals surface area (Å²) in [7, 11) is -3.05. The van der Waals surface area contributed by atoms with Crippen molar-refractivity contribution in [3.05, 3.63) is 58.6 Å². The highest BCUT2D eigenvalue weighted by atomic mass is 35.5. The lowest BCUT2D eigenvalue weighted by Gasteiger charge is -2.21. The van der Waals surface area contributed by atoms with Gasteiger partial charge in [-0.2, -0.15) is 13.2 Å². The van der Waals surface area contributed by atoms with Gasteiger partial charge in [0, 0.05) is 12.6 Å². The quantitative estimate of drug-likeness (QED) is 0.600. The van der Waals surface area contributed by atoms with Crippen LogP contribution in [0, 0.1) is 0 Å². The Labute approximate surface area is 151 Å². The molecule has 0 aliphatic heterocycles. The molecule has 2 N–H and O–H groups in total.